The second kappa shape index (κ2) is 3.21. The SMILES string of the molecule is CC1CNC2(CCCC2)CN1C1CC1. The van der Waals surface area contributed by atoms with E-state index < -0.39 is 0 Å². The fourth-order valence-corrected chi connectivity index (χ4v) is 3.32. The first kappa shape index (κ1) is 9.17. The highest BCUT2D eigenvalue weighted by Crippen LogP contribution is 2.37. The minimum atomic E-state index is 0.523. The first-order valence-electron chi connectivity index (χ1n) is 6.30. The Bertz CT molecular complexity index is 216. The van der Waals surface area contributed by atoms with Gasteiger partial charge in [-0.15, -0.1) is 0 Å². The Morgan fingerprint density at radius 1 is 1.21 bits per heavy atom. The monoisotopic (exact) mass is 194 g/mol. The molecule has 3 rings (SSSR count). The average Bonchev–Trinajstić information content (AvgIpc) is 2.94. The molecule has 2 heteroatoms. The van der Waals surface area contributed by atoms with Crippen molar-refractivity contribution >= 4 is 0 Å². The molecule has 0 bridgehead atoms. The topological polar surface area (TPSA) is 15.3 Å². The molecule has 0 amide bonds. The summed E-state index contributed by atoms with van der Waals surface area (Å²) in [6.07, 6.45) is 8.65. The van der Waals surface area contributed by atoms with Crippen LogP contribution in [0, 0.1) is 0 Å². The molecule has 1 N–H and O–H groups in total. The van der Waals surface area contributed by atoms with Crippen molar-refractivity contribution in [1.29, 1.82) is 0 Å². The molecule has 1 saturated heterocycles. The van der Waals surface area contributed by atoms with Crippen LogP contribution in [0.25, 0.3) is 0 Å². The highest BCUT2D eigenvalue weighted by molar-refractivity contribution is 5.03. The van der Waals surface area contributed by atoms with Gasteiger partial charge in [-0.05, 0) is 32.6 Å². The molecule has 0 aromatic rings. The van der Waals surface area contributed by atoms with E-state index in [1.54, 1.807) is 0 Å². The average molecular weight is 194 g/mol. The molecule has 0 aromatic carbocycles. The number of hydrogen-bond acceptors (Lipinski definition) is 2. The molecule has 2 saturated carbocycles. The smallest absolute Gasteiger partial charge is 0.0309 e. The molecule has 1 heterocycles. The van der Waals surface area contributed by atoms with E-state index >= 15 is 0 Å². The van der Waals surface area contributed by atoms with Gasteiger partial charge in [0.25, 0.3) is 0 Å². The molecular weight excluding hydrogens is 172 g/mol. The number of nitrogens with one attached hydrogen (secondary N) is 1. The van der Waals surface area contributed by atoms with Gasteiger partial charge in [-0.2, -0.15) is 0 Å². The van der Waals surface area contributed by atoms with Gasteiger partial charge in [0.15, 0.2) is 0 Å². The van der Waals surface area contributed by atoms with E-state index in [-0.39, 0.29) is 0 Å². The van der Waals surface area contributed by atoms with Crippen molar-refractivity contribution < 1.29 is 0 Å². The lowest BCUT2D eigenvalue weighted by atomic mass is 9.92. The third-order valence-electron chi connectivity index (χ3n) is 4.40. The molecule has 80 valence electrons. The van der Waals surface area contributed by atoms with Crippen LogP contribution in [0.2, 0.25) is 0 Å². The molecule has 14 heavy (non-hydrogen) atoms. The van der Waals surface area contributed by atoms with Crippen molar-refractivity contribution in [3.63, 3.8) is 0 Å². The van der Waals surface area contributed by atoms with Crippen LogP contribution in [0.4, 0.5) is 0 Å². The van der Waals surface area contributed by atoms with E-state index in [0.29, 0.717) is 5.54 Å². The van der Waals surface area contributed by atoms with Gasteiger partial charge in [-0.25, -0.2) is 0 Å². The predicted molar refractivity (Wildman–Crippen MR) is 58.4 cm³/mol. The van der Waals surface area contributed by atoms with E-state index in [0.717, 1.165) is 12.1 Å². The van der Waals surface area contributed by atoms with E-state index in [4.69, 9.17) is 0 Å². The summed E-state index contributed by atoms with van der Waals surface area (Å²) in [5.41, 5.74) is 0.523. The van der Waals surface area contributed by atoms with Gasteiger partial charge in [-0.3, -0.25) is 4.90 Å². The minimum Gasteiger partial charge on any atom is -0.308 e. The molecule has 0 radical (unpaired) electrons. The summed E-state index contributed by atoms with van der Waals surface area (Å²) >= 11 is 0. The third-order valence-corrected chi connectivity index (χ3v) is 4.40. The molecule has 0 aromatic heterocycles. The zero-order valence-electron chi connectivity index (χ0n) is 9.26. The number of nitrogens with zero attached hydrogens (tertiary/aromatic N) is 1. The Balaban J connectivity index is 1.72. The second-order valence-corrected chi connectivity index (χ2v) is 5.62. The van der Waals surface area contributed by atoms with Crippen molar-refractivity contribution in [2.75, 3.05) is 13.1 Å². The van der Waals surface area contributed by atoms with E-state index in [1.807, 2.05) is 0 Å². The summed E-state index contributed by atoms with van der Waals surface area (Å²) < 4.78 is 0. The van der Waals surface area contributed by atoms with Crippen molar-refractivity contribution in [3.05, 3.63) is 0 Å². The van der Waals surface area contributed by atoms with E-state index in [9.17, 15) is 0 Å². The summed E-state index contributed by atoms with van der Waals surface area (Å²) in [7, 11) is 0. The quantitative estimate of drug-likeness (QED) is 0.684. The van der Waals surface area contributed by atoms with Crippen LogP contribution in [-0.4, -0.2) is 35.6 Å². The van der Waals surface area contributed by atoms with E-state index in [1.165, 1.54) is 51.6 Å². The lowest BCUT2D eigenvalue weighted by Gasteiger charge is -2.45. The highest BCUT2D eigenvalue weighted by atomic mass is 15.3. The van der Waals surface area contributed by atoms with E-state index in [2.05, 4.69) is 17.1 Å². The summed E-state index contributed by atoms with van der Waals surface area (Å²) in [6, 6.07) is 1.72. The molecule has 2 nitrogen and oxygen atoms in total. The Kier molecular flexibility index (Phi) is 2.10. The van der Waals surface area contributed by atoms with Gasteiger partial charge in [0.1, 0.15) is 0 Å². The van der Waals surface area contributed by atoms with Crippen molar-refractivity contribution in [3.8, 4) is 0 Å². The second-order valence-electron chi connectivity index (χ2n) is 5.62. The van der Waals surface area contributed by atoms with Crippen LogP contribution in [0.3, 0.4) is 0 Å². The van der Waals surface area contributed by atoms with Crippen LogP contribution in [0.1, 0.15) is 45.4 Å². The Morgan fingerprint density at radius 2 is 1.93 bits per heavy atom. The first-order valence-corrected chi connectivity index (χ1v) is 6.30. The first-order chi connectivity index (χ1) is 6.79. The number of piperazine rings is 1. The molecule has 3 fully saturated rings. The van der Waals surface area contributed by atoms with Crippen LogP contribution in [0.15, 0.2) is 0 Å². The van der Waals surface area contributed by atoms with Crippen molar-refractivity contribution in [1.82, 2.24) is 10.2 Å². The summed E-state index contributed by atoms with van der Waals surface area (Å²) in [5.74, 6) is 0. The third kappa shape index (κ3) is 1.49. The molecular formula is C12H22N2. The fraction of sp³-hybridized carbons (Fsp3) is 1.00. The van der Waals surface area contributed by atoms with Crippen LogP contribution >= 0.6 is 0 Å². The maximum atomic E-state index is 3.82. The summed E-state index contributed by atoms with van der Waals surface area (Å²) in [5, 5.41) is 3.82. The lowest BCUT2D eigenvalue weighted by molar-refractivity contribution is 0.0822. The highest BCUT2D eigenvalue weighted by Gasteiger charge is 2.44. The largest absolute Gasteiger partial charge is 0.308 e. The number of rotatable bonds is 1. The molecule has 1 spiro atoms. The maximum Gasteiger partial charge on any atom is 0.0309 e. The minimum absolute atomic E-state index is 0.523. The maximum absolute atomic E-state index is 3.82. The van der Waals surface area contributed by atoms with Gasteiger partial charge in [-0.1, -0.05) is 12.8 Å². The predicted octanol–water partition coefficient (Wildman–Crippen LogP) is 1.76. The number of hydrogen-bond donors (Lipinski definition) is 1. The van der Waals surface area contributed by atoms with Crippen molar-refractivity contribution in [2.24, 2.45) is 0 Å². The standard InChI is InChI=1S/C12H22N2/c1-10-8-13-12(6-2-3-7-12)9-14(10)11-4-5-11/h10-11,13H,2-9H2,1H3. The molecule has 2 aliphatic carbocycles. The zero-order valence-corrected chi connectivity index (χ0v) is 9.26. The van der Waals surface area contributed by atoms with Gasteiger partial charge in [0.2, 0.25) is 0 Å². The Morgan fingerprint density at radius 3 is 2.57 bits per heavy atom. The van der Waals surface area contributed by atoms with Crippen LogP contribution < -0.4 is 5.32 Å². The normalized spacial score (nSPS) is 37.9. The van der Waals surface area contributed by atoms with Crippen molar-refractivity contribution in [2.45, 2.75) is 63.1 Å². The van der Waals surface area contributed by atoms with Crippen LogP contribution in [0.5, 0.6) is 0 Å². The molecule has 1 atom stereocenters. The molecule has 3 aliphatic rings. The van der Waals surface area contributed by atoms with Gasteiger partial charge in [0.05, 0.1) is 0 Å². The van der Waals surface area contributed by atoms with Gasteiger partial charge >= 0.3 is 0 Å². The van der Waals surface area contributed by atoms with Crippen LogP contribution in [-0.2, 0) is 0 Å². The fourth-order valence-electron chi connectivity index (χ4n) is 3.32. The Hall–Kier alpha value is -0.0800. The summed E-state index contributed by atoms with van der Waals surface area (Å²) in [4.78, 5) is 2.78. The molecule has 1 unspecified atom stereocenters. The zero-order chi connectivity index (χ0) is 9.60. The van der Waals surface area contributed by atoms with Gasteiger partial charge in [0, 0.05) is 30.7 Å². The van der Waals surface area contributed by atoms with Gasteiger partial charge < -0.3 is 5.32 Å². The lowest BCUT2D eigenvalue weighted by Crippen LogP contribution is -2.62. The summed E-state index contributed by atoms with van der Waals surface area (Å²) in [6.45, 7) is 4.93. The Labute approximate surface area is 87.0 Å². The molecule has 1 aliphatic heterocycles.